The summed E-state index contributed by atoms with van der Waals surface area (Å²) in [7, 11) is 0. The molecule has 0 aliphatic carbocycles. The maximum atomic E-state index is 11.1. The second-order valence-electron chi connectivity index (χ2n) is 2.31. The van der Waals surface area contributed by atoms with Crippen molar-refractivity contribution in [1.82, 2.24) is 0 Å². The fourth-order valence-corrected chi connectivity index (χ4v) is 0.685. The molecule has 3 heteroatoms. The molecule has 0 aliphatic rings. The van der Waals surface area contributed by atoms with Crippen LogP contribution in [0.15, 0.2) is 24.2 Å². The van der Waals surface area contributed by atoms with E-state index in [-0.39, 0.29) is 12.5 Å². The first-order valence-corrected chi connectivity index (χ1v) is 3.86. The highest BCUT2D eigenvalue weighted by atomic mass is 16.6. The summed E-state index contributed by atoms with van der Waals surface area (Å²) in [5, 5.41) is 11.1. The fourth-order valence-electron chi connectivity index (χ4n) is 0.685. The molecule has 2 radical (unpaired) electrons. The third-order valence-electron chi connectivity index (χ3n) is 1.31. The number of ether oxygens (including phenoxy) is 1. The molecule has 0 saturated heterocycles. The van der Waals surface area contributed by atoms with Crippen molar-refractivity contribution in [3.05, 3.63) is 30.6 Å². The quantitative estimate of drug-likeness (QED) is 0.482. The van der Waals surface area contributed by atoms with E-state index in [1.807, 2.05) is 6.92 Å². The van der Waals surface area contributed by atoms with Gasteiger partial charge in [0.1, 0.15) is 0 Å². The number of rotatable bonds is 6. The topological polar surface area (TPSA) is 55.2 Å². The van der Waals surface area contributed by atoms with Crippen LogP contribution in [0.1, 0.15) is 13.3 Å². The number of nitrogens with two attached hydrogens (primary N) is 1. The Balaban J connectivity index is 4.06. The summed E-state index contributed by atoms with van der Waals surface area (Å²) < 4.78 is 4.84. The molecule has 0 aromatic rings. The van der Waals surface area contributed by atoms with E-state index in [9.17, 15) is 5.11 Å². The molecule has 0 heterocycles. The first-order chi connectivity index (χ1) is 5.76. The third kappa shape index (κ3) is 4.03. The van der Waals surface area contributed by atoms with Gasteiger partial charge in [0.05, 0.1) is 6.61 Å². The largest absolute Gasteiger partial charge is 0.462 e. The second kappa shape index (κ2) is 6.73. The van der Waals surface area contributed by atoms with Crippen molar-refractivity contribution >= 4 is 0 Å². The Morgan fingerprint density at radius 1 is 1.67 bits per heavy atom. The van der Waals surface area contributed by atoms with Crippen LogP contribution < -0.4 is 5.73 Å². The second-order valence-corrected chi connectivity index (χ2v) is 2.31. The van der Waals surface area contributed by atoms with Crippen LogP contribution in [0.4, 0.5) is 0 Å². The molecule has 0 fully saturated rings. The van der Waals surface area contributed by atoms with Crippen molar-refractivity contribution in [2.45, 2.75) is 13.3 Å². The van der Waals surface area contributed by atoms with Gasteiger partial charge in [-0.05, 0) is 12.8 Å². The SMILES string of the molecule is C=CCC(CN)=C([O])OC[CH]C. The lowest BCUT2D eigenvalue weighted by Gasteiger charge is -2.04. The van der Waals surface area contributed by atoms with Crippen molar-refractivity contribution in [3.63, 3.8) is 0 Å². The lowest BCUT2D eigenvalue weighted by Crippen LogP contribution is -2.07. The van der Waals surface area contributed by atoms with Gasteiger partial charge in [0.25, 0.3) is 0 Å². The first kappa shape index (κ1) is 11.0. The minimum Gasteiger partial charge on any atom is -0.462 e. The molecule has 0 aromatic carbocycles. The van der Waals surface area contributed by atoms with Gasteiger partial charge in [0.2, 0.25) is 0 Å². The predicted octanol–water partition coefficient (Wildman–Crippen LogP) is 1.40. The summed E-state index contributed by atoms with van der Waals surface area (Å²) in [6.45, 7) is 5.90. The van der Waals surface area contributed by atoms with E-state index in [0.29, 0.717) is 18.6 Å². The van der Waals surface area contributed by atoms with Crippen LogP contribution in [0, 0.1) is 6.42 Å². The Hall–Kier alpha value is -0.960. The first-order valence-electron chi connectivity index (χ1n) is 3.86. The van der Waals surface area contributed by atoms with Crippen LogP contribution in [0.3, 0.4) is 0 Å². The average Bonchev–Trinajstić information content (AvgIpc) is 2.10. The van der Waals surface area contributed by atoms with Crippen molar-refractivity contribution in [3.8, 4) is 0 Å². The van der Waals surface area contributed by atoms with Gasteiger partial charge in [0, 0.05) is 12.1 Å². The summed E-state index contributed by atoms with van der Waals surface area (Å²) in [5.41, 5.74) is 5.90. The van der Waals surface area contributed by atoms with Crippen LogP contribution in [-0.2, 0) is 9.84 Å². The molecule has 0 saturated carbocycles. The van der Waals surface area contributed by atoms with Crippen LogP contribution in [0.25, 0.3) is 0 Å². The summed E-state index contributed by atoms with van der Waals surface area (Å²) in [5.74, 6) is -0.324. The Morgan fingerprint density at radius 3 is 2.75 bits per heavy atom. The fraction of sp³-hybridized carbons (Fsp3) is 0.444. The molecule has 0 amide bonds. The molecule has 3 nitrogen and oxygen atoms in total. The molecular formula is C9H15NO2. The summed E-state index contributed by atoms with van der Waals surface area (Å²) >= 11 is 0. The Bertz CT molecular complexity index is 164. The van der Waals surface area contributed by atoms with E-state index in [2.05, 4.69) is 6.58 Å². The minimum atomic E-state index is -0.324. The van der Waals surface area contributed by atoms with Crippen molar-refractivity contribution in [2.24, 2.45) is 5.73 Å². The zero-order valence-corrected chi connectivity index (χ0v) is 7.38. The lowest BCUT2D eigenvalue weighted by molar-refractivity contribution is 0.0585. The van der Waals surface area contributed by atoms with Gasteiger partial charge in [-0.15, -0.1) is 6.58 Å². The van der Waals surface area contributed by atoms with Gasteiger partial charge in [-0.25, -0.2) is 5.11 Å². The van der Waals surface area contributed by atoms with Gasteiger partial charge < -0.3 is 10.5 Å². The van der Waals surface area contributed by atoms with Gasteiger partial charge in [-0.2, -0.15) is 0 Å². The summed E-state index contributed by atoms with van der Waals surface area (Å²) in [6, 6.07) is 0. The molecule has 0 unspecified atom stereocenters. The van der Waals surface area contributed by atoms with E-state index in [0.717, 1.165) is 0 Å². The molecule has 2 N–H and O–H groups in total. The van der Waals surface area contributed by atoms with E-state index in [4.69, 9.17) is 10.5 Å². The molecular weight excluding hydrogens is 154 g/mol. The van der Waals surface area contributed by atoms with Crippen LogP contribution in [0.2, 0.25) is 0 Å². The highest BCUT2D eigenvalue weighted by Crippen LogP contribution is 2.07. The summed E-state index contributed by atoms with van der Waals surface area (Å²) in [4.78, 5) is 0. The van der Waals surface area contributed by atoms with Gasteiger partial charge in [0.15, 0.2) is 0 Å². The van der Waals surface area contributed by atoms with Crippen molar-refractivity contribution in [2.75, 3.05) is 13.2 Å². The zero-order chi connectivity index (χ0) is 9.40. The predicted molar refractivity (Wildman–Crippen MR) is 47.5 cm³/mol. The minimum absolute atomic E-state index is 0.231. The van der Waals surface area contributed by atoms with E-state index in [1.165, 1.54) is 0 Å². The molecule has 0 bridgehead atoms. The summed E-state index contributed by atoms with van der Waals surface area (Å²) in [6.07, 6.45) is 3.90. The maximum Gasteiger partial charge on any atom is 0.331 e. The Labute approximate surface area is 73.5 Å². The van der Waals surface area contributed by atoms with E-state index < -0.39 is 0 Å². The zero-order valence-electron chi connectivity index (χ0n) is 7.38. The van der Waals surface area contributed by atoms with E-state index >= 15 is 0 Å². The Morgan fingerprint density at radius 2 is 2.33 bits per heavy atom. The standard InChI is InChI=1S/C9H15NO2/c1-3-5-8(7-10)9(11)12-6-4-2/h3-4H,1,5-7,10H2,2H3. The van der Waals surface area contributed by atoms with Gasteiger partial charge >= 0.3 is 5.95 Å². The number of hydrogen-bond donors (Lipinski definition) is 1. The van der Waals surface area contributed by atoms with Crippen LogP contribution >= 0.6 is 0 Å². The molecule has 0 aromatic heterocycles. The molecule has 0 rings (SSSR count). The molecule has 0 atom stereocenters. The van der Waals surface area contributed by atoms with Crippen LogP contribution in [-0.4, -0.2) is 13.2 Å². The third-order valence-corrected chi connectivity index (χ3v) is 1.31. The van der Waals surface area contributed by atoms with Gasteiger partial charge in [-0.3, -0.25) is 0 Å². The lowest BCUT2D eigenvalue weighted by atomic mass is 10.2. The van der Waals surface area contributed by atoms with E-state index in [1.54, 1.807) is 12.5 Å². The normalized spacial score (nSPS) is 12.2. The van der Waals surface area contributed by atoms with Crippen LogP contribution in [0.5, 0.6) is 0 Å². The van der Waals surface area contributed by atoms with Crippen molar-refractivity contribution in [1.29, 1.82) is 0 Å². The smallest absolute Gasteiger partial charge is 0.331 e. The number of hydrogen-bond acceptors (Lipinski definition) is 2. The molecule has 0 spiro atoms. The Kier molecular flexibility index (Phi) is 6.19. The van der Waals surface area contributed by atoms with Gasteiger partial charge in [-0.1, -0.05) is 13.0 Å². The maximum absolute atomic E-state index is 11.1. The molecule has 12 heavy (non-hydrogen) atoms. The molecule has 0 aliphatic heterocycles. The average molecular weight is 169 g/mol. The molecule has 68 valence electrons. The number of allylic oxidation sites excluding steroid dienone is 1. The highest BCUT2D eigenvalue weighted by Gasteiger charge is 2.04. The highest BCUT2D eigenvalue weighted by molar-refractivity contribution is 5.08. The van der Waals surface area contributed by atoms with Crippen molar-refractivity contribution < 1.29 is 9.84 Å². The monoisotopic (exact) mass is 169 g/mol.